The zero-order valence-electron chi connectivity index (χ0n) is 12.1. The minimum absolute atomic E-state index is 0.590. The lowest BCUT2D eigenvalue weighted by Gasteiger charge is -2.05. The second kappa shape index (κ2) is 9.83. The highest BCUT2D eigenvalue weighted by Gasteiger charge is 1.96. The number of rotatable bonds is 8. The topological polar surface area (TPSA) is 59.9 Å². The molecule has 0 atom stereocenters. The molecule has 1 rings (SSSR count). The number of hydrazone groups is 1. The lowest BCUT2D eigenvalue weighted by atomic mass is 10.2. The first-order chi connectivity index (χ1) is 9.76. The summed E-state index contributed by atoms with van der Waals surface area (Å²) in [5, 5.41) is 3.75. The molecule has 5 heteroatoms. The zero-order chi connectivity index (χ0) is 14.6. The maximum atomic E-state index is 10.8. The molecule has 0 saturated heterocycles. The van der Waals surface area contributed by atoms with Gasteiger partial charge in [-0.05, 0) is 36.2 Å². The molecule has 0 bridgehead atoms. The van der Waals surface area contributed by atoms with Crippen molar-refractivity contribution in [1.82, 2.24) is 5.43 Å². The molecule has 0 saturated carbocycles. The van der Waals surface area contributed by atoms with Crippen LogP contribution < -0.4 is 10.2 Å². The number of hydrogen-bond acceptors (Lipinski definition) is 4. The number of hydrogen-bond donors (Lipinski definition) is 1. The van der Waals surface area contributed by atoms with Gasteiger partial charge in [0.05, 0.1) is 19.9 Å². The molecule has 0 fully saturated rings. The van der Waals surface area contributed by atoms with Gasteiger partial charge in [0.25, 0.3) is 0 Å². The summed E-state index contributed by atoms with van der Waals surface area (Å²) in [6.07, 6.45) is 5.73. The number of methoxy groups -OCH3 is 1. The number of amides is 1. The molecule has 0 aliphatic heterocycles. The number of benzene rings is 1. The molecule has 1 amide bonds. The van der Waals surface area contributed by atoms with Gasteiger partial charge in [-0.1, -0.05) is 26.2 Å². The van der Waals surface area contributed by atoms with E-state index in [1.54, 1.807) is 6.21 Å². The Labute approximate surface area is 120 Å². The van der Waals surface area contributed by atoms with Crippen LogP contribution in [-0.4, -0.2) is 26.0 Å². The summed E-state index contributed by atoms with van der Waals surface area (Å²) < 4.78 is 10.0. The minimum Gasteiger partial charge on any atom is -0.494 e. The van der Waals surface area contributed by atoms with Crippen molar-refractivity contribution in [3.63, 3.8) is 0 Å². The first kappa shape index (κ1) is 16.0. The van der Waals surface area contributed by atoms with E-state index in [-0.39, 0.29) is 0 Å². The van der Waals surface area contributed by atoms with Gasteiger partial charge in [0.15, 0.2) is 0 Å². The van der Waals surface area contributed by atoms with Crippen LogP contribution in [0.15, 0.2) is 29.4 Å². The Balaban J connectivity index is 2.31. The van der Waals surface area contributed by atoms with Gasteiger partial charge < -0.3 is 9.47 Å². The van der Waals surface area contributed by atoms with Gasteiger partial charge in [0.1, 0.15) is 5.75 Å². The lowest BCUT2D eigenvalue weighted by Crippen LogP contribution is -2.16. The van der Waals surface area contributed by atoms with Crippen LogP contribution in [0, 0.1) is 0 Å². The van der Waals surface area contributed by atoms with E-state index < -0.39 is 6.09 Å². The van der Waals surface area contributed by atoms with Crippen molar-refractivity contribution in [3.8, 4) is 5.75 Å². The van der Waals surface area contributed by atoms with E-state index in [1.165, 1.54) is 26.4 Å². The average Bonchev–Trinajstić information content (AvgIpc) is 2.48. The van der Waals surface area contributed by atoms with E-state index in [1.807, 2.05) is 24.3 Å². The fourth-order valence-corrected chi connectivity index (χ4v) is 1.57. The van der Waals surface area contributed by atoms with E-state index in [0.717, 1.165) is 24.3 Å². The van der Waals surface area contributed by atoms with Gasteiger partial charge in [0, 0.05) is 0 Å². The fraction of sp³-hybridized carbons (Fsp3) is 0.467. The quantitative estimate of drug-likeness (QED) is 0.451. The minimum atomic E-state index is -0.590. The predicted molar refractivity (Wildman–Crippen MR) is 79.2 cm³/mol. The maximum absolute atomic E-state index is 10.8. The molecule has 20 heavy (non-hydrogen) atoms. The van der Waals surface area contributed by atoms with Crippen molar-refractivity contribution < 1.29 is 14.3 Å². The first-order valence-electron chi connectivity index (χ1n) is 6.86. The lowest BCUT2D eigenvalue weighted by molar-refractivity contribution is 0.171. The van der Waals surface area contributed by atoms with Crippen molar-refractivity contribution in [2.45, 2.75) is 32.6 Å². The van der Waals surface area contributed by atoms with Crippen LogP contribution in [0.2, 0.25) is 0 Å². The van der Waals surface area contributed by atoms with Crippen molar-refractivity contribution >= 4 is 12.3 Å². The Morgan fingerprint density at radius 2 is 2.00 bits per heavy atom. The molecule has 0 radical (unpaired) electrons. The van der Waals surface area contributed by atoms with Crippen LogP contribution >= 0.6 is 0 Å². The largest absolute Gasteiger partial charge is 0.494 e. The van der Waals surface area contributed by atoms with E-state index in [2.05, 4.69) is 22.2 Å². The molecule has 1 aromatic rings. The van der Waals surface area contributed by atoms with Crippen LogP contribution in [0.25, 0.3) is 0 Å². The molecule has 0 spiro atoms. The van der Waals surface area contributed by atoms with Crippen LogP contribution in [0.1, 0.15) is 38.2 Å². The summed E-state index contributed by atoms with van der Waals surface area (Å²) in [7, 11) is 1.29. The molecule has 0 aromatic heterocycles. The summed E-state index contributed by atoms with van der Waals surface area (Å²) in [5.41, 5.74) is 3.10. The maximum Gasteiger partial charge on any atom is 0.427 e. The van der Waals surface area contributed by atoms with Gasteiger partial charge in [-0.2, -0.15) is 5.10 Å². The third-order valence-electron chi connectivity index (χ3n) is 2.70. The van der Waals surface area contributed by atoms with Crippen LogP contribution in [0.5, 0.6) is 5.75 Å². The first-order valence-corrected chi connectivity index (χ1v) is 6.86. The number of ether oxygens (including phenoxy) is 2. The highest BCUT2D eigenvalue weighted by Crippen LogP contribution is 2.12. The standard InChI is InChI=1S/C15H22N2O3/c1-3-4-5-6-11-20-14-9-7-13(8-10-14)12-16-17-15(18)19-2/h7-10,12H,3-6,11H2,1-2H3,(H,17,18)/b16-12+. The van der Waals surface area contributed by atoms with Crippen LogP contribution in [0.4, 0.5) is 4.79 Å². The molecule has 0 heterocycles. The van der Waals surface area contributed by atoms with Crippen molar-refractivity contribution in [2.24, 2.45) is 5.10 Å². The molecule has 0 unspecified atom stereocenters. The molecular formula is C15H22N2O3. The Hall–Kier alpha value is -2.04. The van der Waals surface area contributed by atoms with E-state index in [0.29, 0.717) is 0 Å². The third kappa shape index (κ3) is 6.78. The molecule has 0 aliphatic carbocycles. The summed E-state index contributed by atoms with van der Waals surface area (Å²) in [4.78, 5) is 10.8. The van der Waals surface area contributed by atoms with Gasteiger partial charge in [0.2, 0.25) is 0 Å². The molecule has 0 aliphatic rings. The van der Waals surface area contributed by atoms with E-state index in [9.17, 15) is 4.79 Å². The molecule has 1 aromatic carbocycles. The van der Waals surface area contributed by atoms with Gasteiger partial charge in [-0.25, -0.2) is 10.2 Å². The van der Waals surface area contributed by atoms with Gasteiger partial charge in [-0.3, -0.25) is 0 Å². The second-order valence-electron chi connectivity index (χ2n) is 4.34. The van der Waals surface area contributed by atoms with Crippen LogP contribution in [0.3, 0.4) is 0 Å². The zero-order valence-corrected chi connectivity index (χ0v) is 12.1. The normalized spacial score (nSPS) is 10.5. The Bertz CT molecular complexity index is 416. The number of carbonyl (C=O) groups excluding carboxylic acids is 1. The Morgan fingerprint density at radius 3 is 2.65 bits per heavy atom. The van der Waals surface area contributed by atoms with Crippen LogP contribution in [-0.2, 0) is 4.74 Å². The number of nitrogens with one attached hydrogen (secondary N) is 1. The highest BCUT2D eigenvalue weighted by atomic mass is 16.5. The van der Waals surface area contributed by atoms with E-state index in [4.69, 9.17) is 4.74 Å². The second-order valence-corrected chi connectivity index (χ2v) is 4.34. The van der Waals surface area contributed by atoms with Crippen molar-refractivity contribution in [1.29, 1.82) is 0 Å². The SMILES string of the molecule is CCCCCCOc1ccc(/C=N/NC(=O)OC)cc1. The molecule has 5 nitrogen and oxygen atoms in total. The molecule has 110 valence electrons. The number of unbranched alkanes of at least 4 members (excludes halogenated alkanes) is 3. The highest BCUT2D eigenvalue weighted by molar-refractivity contribution is 5.80. The summed E-state index contributed by atoms with van der Waals surface area (Å²) in [6.45, 7) is 2.94. The smallest absolute Gasteiger partial charge is 0.427 e. The van der Waals surface area contributed by atoms with E-state index >= 15 is 0 Å². The van der Waals surface area contributed by atoms with Crippen molar-refractivity contribution in [3.05, 3.63) is 29.8 Å². The van der Waals surface area contributed by atoms with Gasteiger partial charge >= 0.3 is 6.09 Å². The van der Waals surface area contributed by atoms with Gasteiger partial charge in [-0.15, -0.1) is 0 Å². The average molecular weight is 278 g/mol. The Kier molecular flexibility index (Phi) is 7.87. The summed E-state index contributed by atoms with van der Waals surface area (Å²) in [6, 6.07) is 7.53. The van der Waals surface area contributed by atoms with Crippen molar-refractivity contribution in [2.75, 3.05) is 13.7 Å². The number of nitrogens with zero attached hydrogens (tertiary/aromatic N) is 1. The monoisotopic (exact) mass is 278 g/mol. The summed E-state index contributed by atoms with van der Waals surface area (Å²) >= 11 is 0. The number of carbonyl (C=O) groups is 1. The molecule has 1 N–H and O–H groups in total. The molecular weight excluding hydrogens is 256 g/mol. The third-order valence-corrected chi connectivity index (χ3v) is 2.70. The summed E-state index contributed by atoms with van der Waals surface area (Å²) in [5.74, 6) is 0.847. The predicted octanol–water partition coefficient (Wildman–Crippen LogP) is 3.34. The Morgan fingerprint density at radius 1 is 1.25 bits per heavy atom. The fourth-order valence-electron chi connectivity index (χ4n) is 1.57.